The molecule has 2 aliphatic rings. The van der Waals surface area contributed by atoms with Gasteiger partial charge in [-0.1, -0.05) is 65.7 Å². The molecule has 7 heteroatoms. The first-order valence-corrected chi connectivity index (χ1v) is 9.61. The highest BCUT2D eigenvalue weighted by molar-refractivity contribution is 6.37. The van der Waals surface area contributed by atoms with Crippen LogP contribution in [0.1, 0.15) is 23.5 Å². The van der Waals surface area contributed by atoms with E-state index in [1.54, 1.807) is 6.07 Å². The number of benzene rings is 2. The standard InChI is InChI=1S/C21H17Cl2NO4/c22-13-9-16-14-7-4-8-15(14)19(20(25)26)24(18(16)17(23)10-13)21(27)28-11-12-5-2-1-3-6-12/h1-7,9-10,14-15,19H,8,11H2,(H,25,26)/t14-,15+,19-/m1/s1. The molecule has 144 valence electrons. The minimum atomic E-state index is -1.09. The minimum Gasteiger partial charge on any atom is -0.480 e. The Morgan fingerprint density at radius 3 is 2.64 bits per heavy atom. The second kappa shape index (κ2) is 7.49. The summed E-state index contributed by atoms with van der Waals surface area (Å²) in [6.07, 6.45) is 3.70. The Kier molecular flexibility index (Phi) is 5.04. The van der Waals surface area contributed by atoms with E-state index in [-0.39, 0.29) is 23.5 Å². The van der Waals surface area contributed by atoms with E-state index in [4.69, 9.17) is 27.9 Å². The number of aliphatic carboxylic acids is 1. The molecule has 1 aliphatic carbocycles. The molecule has 0 unspecified atom stereocenters. The van der Waals surface area contributed by atoms with Gasteiger partial charge in [0, 0.05) is 16.9 Å². The maximum absolute atomic E-state index is 13.0. The van der Waals surface area contributed by atoms with Gasteiger partial charge in [0.15, 0.2) is 0 Å². The number of fused-ring (bicyclic) bond motifs is 3. The number of carbonyl (C=O) groups is 2. The molecular weight excluding hydrogens is 401 g/mol. The van der Waals surface area contributed by atoms with E-state index < -0.39 is 18.1 Å². The van der Waals surface area contributed by atoms with Gasteiger partial charge in [-0.3, -0.25) is 4.90 Å². The number of rotatable bonds is 3. The van der Waals surface area contributed by atoms with Crippen molar-refractivity contribution in [2.45, 2.75) is 25.0 Å². The molecule has 0 aromatic heterocycles. The molecule has 1 heterocycles. The maximum atomic E-state index is 13.0. The lowest BCUT2D eigenvalue weighted by atomic mass is 9.78. The van der Waals surface area contributed by atoms with Crippen molar-refractivity contribution >= 4 is 41.0 Å². The van der Waals surface area contributed by atoms with Crippen molar-refractivity contribution in [3.63, 3.8) is 0 Å². The average Bonchev–Trinajstić information content (AvgIpc) is 3.15. The fraction of sp³-hybridized carbons (Fsp3) is 0.238. The van der Waals surface area contributed by atoms with Crippen LogP contribution in [0.15, 0.2) is 54.6 Å². The number of carboxylic acids is 1. The summed E-state index contributed by atoms with van der Waals surface area (Å²) >= 11 is 12.6. The third-order valence-corrected chi connectivity index (χ3v) is 5.72. The topological polar surface area (TPSA) is 66.8 Å². The molecule has 4 rings (SSSR count). The number of allylic oxidation sites excluding steroid dienone is 2. The molecule has 2 aromatic carbocycles. The van der Waals surface area contributed by atoms with Crippen molar-refractivity contribution in [1.82, 2.24) is 0 Å². The fourth-order valence-electron chi connectivity index (χ4n) is 4.04. The lowest BCUT2D eigenvalue weighted by Gasteiger charge is -2.41. The zero-order chi connectivity index (χ0) is 19.8. The van der Waals surface area contributed by atoms with Gasteiger partial charge in [-0.05, 0) is 29.7 Å². The average molecular weight is 418 g/mol. The van der Waals surface area contributed by atoms with Crippen LogP contribution in [0.25, 0.3) is 0 Å². The van der Waals surface area contributed by atoms with Crippen molar-refractivity contribution < 1.29 is 19.4 Å². The summed E-state index contributed by atoms with van der Waals surface area (Å²) in [6.45, 7) is 0.0371. The molecule has 1 N–H and O–H groups in total. The van der Waals surface area contributed by atoms with Gasteiger partial charge in [0.1, 0.15) is 12.6 Å². The summed E-state index contributed by atoms with van der Waals surface area (Å²) < 4.78 is 5.45. The van der Waals surface area contributed by atoms with E-state index in [9.17, 15) is 14.7 Å². The summed E-state index contributed by atoms with van der Waals surface area (Å²) in [5.74, 6) is -1.55. The number of nitrogens with zero attached hydrogens (tertiary/aromatic N) is 1. The number of hydrogen-bond donors (Lipinski definition) is 1. The molecule has 5 nitrogen and oxygen atoms in total. The molecule has 0 saturated carbocycles. The minimum absolute atomic E-state index is 0.0371. The highest BCUT2D eigenvalue weighted by atomic mass is 35.5. The Labute approximate surface area is 172 Å². The quantitative estimate of drug-likeness (QED) is 0.691. The third-order valence-electron chi connectivity index (χ3n) is 5.21. The number of carbonyl (C=O) groups excluding carboxylic acids is 1. The molecule has 0 fully saturated rings. The van der Waals surface area contributed by atoms with Crippen LogP contribution < -0.4 is 4.90 Å². The van der Waals surface area contributed by atoms with Crippen LogP contribution in [0.3, 0.4) is 0 Å². The number of amides is 1. The first-order chi connectivity index (χ1) is 13.5. The van der Waals surface area contributed by atoms with Gasteiger partial charge >= 0.3 is 12.1 Å². The number of ether oxygens (including phenoxy) is 1. The molecule has 0 radical (unpaired) electrons. The van der Waals surface area contributed by atoms with Crippen LogP contribution in [0.4, 0.5) is 10.5 Å². The molecule has 3 atom stereocenters. The highest BCUT2D eigenvalue weighted by Crippen LogP contribution is 2.51. The van der Waals surface area contributed by atoms with E-state index in [1.807, 2.05) is 42.5 Å². The lowest BCUT2D eigenvalue weighted by Crippen LogP contribution is -2.53. The second-order valence-corrected chi connectivity index (χ2v) is 7.72. The first-order valence-electron chi connectivity index (χ1n) is 8.85. The summed E-state index contributed by atoms with van der Waals surface area (Å²) in [6, 6.07) is 11.4. The van der Waals surface area contributed by atoms with E-state index in [1.165, 1.54) is 11.0 Å². The molecule has 1 aliphatic heterocycles. The zero-order valence-corrected chi connectivity index (χ0v) is 16.2. The van der Waals surface area contributed by atoms with Crippen LogP contribution in [0.5, 0.6) is 0 Å². The van der Waals surface area contributed by atoms with Gasteiger partial charge < -0.3 is 9.84 Å². The van der Waals surface area contributed by atoms with Gasteiger partial charge in [-0.2, -0.15) is 0 Å². The number of hydrogen-bond acceptors (Lipinski definition) is 3. The number of anilines is 1. The van der Waals surface area contributed by atoms with E-state index in [0.717, 1.165) is 11.1 Å². The fourth-order valence-corrected chi connectivity index (χ4v) is 4.64. The summed E-state index contributed by atoms with van der Waals surface area (Å²) in [5.41, 5.74) is 1.90. The van der Waals surface area contributed by atoms with E-state index >= 15 is 0 Å². The monoisotopic (exact) mass is 417 g/mol. The summed E-state index contributed by atoms with van der Waals surface area (Å²) in [5, 5.41) is 10.6. The van der Waals surface area contributed by atoms with Crippen molar-refractivity contribution in [3.05, 3.63) is 75.8 Å². The van der Waals surface area contributed by atoms with Gasteiger partial charge in [-0.15, -0.1) is 0 Å². The molecule has 2 aromatic rings. The van der Waals surface area contributed by atoms with Gasteiger partial charge in [0.2, 0.25) is 0 Å². The van der Waals surface area contributed by atoms with Crippen LogP contribution >= 0.6 is 23.2 Å². The van der Waals surface area contributed by atoms with Crippen molar-refractivity contribution in [2.75, 3.05) is 4.90 Å². The van der Waals surface area contributed by atoms with Crippen LogP contribution in [0, 0.1) is 5.92 Å². The molecular formula is C21H17Cl2NO4. The Morgan fingerprint density at radius 2 is 1.93 bits per heavy atom. The zero-order valence-electron chi connectivity index (χ0n) is 14.7. The Bertz CT molecular complexity index is 960. The van der Waals surface area contributed by atoms with E-state index in [2.05, 4.69) is 0 Å². The van der Waals surface area contributed by atoms with Crippen molar-refractivity contribution in [3.8, 4) is 0 Å². The second-order valence-electron chi connectivity index (χ2n) is 6.87. The first kappa shape index (κ1) is 18.8. The van der Waals surface area contributed by atoms with Crippen molar-refractivity contribution in [1.29, 1.82) is 0 Å². The highest BCUT2D eigenvalue weighted by Gasteiger charge is 2.49. The molecule has 1 amide bonds. The smallest absolute Gasteiger partial charge is 0.415 e. The summed E-state index contributed by atoms with van der Waals surface area (Å²) in [7, 11) is 0. The largest absolute Gasteiger partial charge is 0.480 e. The number of carboxylic acid groups (broad SMARTS) is 1. The summed E-state index contributed by atoms with van der Waals surface area (Å²) in [4.78, 5) is 26.3. The molecule has 0 spiro atoms. The van der Waals surface area contributed by atoms with Gasteiger partial charge in [0.05, 0.1) is 10.7 Å². The molecule has 28 heavy (non-hydrogen) atoms. The Balaban J connectivity index is 1.74. The molecule has 0 bridgehead atoms. The predicted octanol–water partition coefficient (Wildman–Crippen LogP) is 5.26. The van der Waals surface area contributed by atoms with Gasteiger partial charge in [-0.25, -0.2) is 9.59 Å². The number of halogens is 2. The predicted molar refractivity (Wildman–Crippen MR) is 107 cm³/mol. The lowest BCUT2D eigenvalue weighted by molar-refractivity contribution is -0.140. The van der Waals surface area contributed by atoms with Crippen LogP contribution in [0.2, 0.25) is 10.0 Å². The Morgan fingerprint density at radius 1 is 1.18 bits per heavy atom. The molecule has 0 saturated heterocycles. The van der Waals surface area contributed by atoms with Crippen LogP contribution in [-0.2, 0) is 16.1 Å². The van der Waals surface area contributed by atoms with Gasteiger partial charge in [0.25, 0.3) is 0 Å². The SMILES string of the molecule is O=C(O)[C@H]1[C@H]2CC=C[C@H]2c2cc(Cl)cc(Cl)c2N1C(=O)OCc1ccccc1. The third kappa shape index (κ3) is 3.25. The Hall–Kier alpha value is -2.50. The van der Waals surface area contributed by atoms with E-state index in [0.29, 0.717) is 17.1 Å². The maximum Gasteiger partial charge on any atom is 0.415 e. The normalized spacial score (nSPS) is 22.5. The van der Waals surface area contributed by atoms with Crippen LogP contribution in [-0.4, -0.2) is 23.2 Å². The van der Waals surface area contributed by atoms with Crippen molar-refractivity contribution in [2.24, 2.45) is 5.92 Å².